The fraction of sp³-hybridized carbons (Fsp3) is 0.200. The molecule has 0 aliphatic carbocycles. The number of hydrogen-bond acceptors (Lipinski definition) is 7. The third-order valence-corrected chi connectivity index (χ3v) is 5.86. The number of anilines is 3. The molecule has 1 amide bonds. The van der Waals surface area contributed by atoms with Crippen LogP contribution in [0.3, 0.4) is 0 Å². The Labute approximate surface area is 172 Å². The minimum absolute atomic E-state index is 0.192. The topological polar surface area (TPSA) is 90.7 Å². The number of carbonyl (C=O) groups excluding carboxylic acids is 1. The number of rotatable bonds is 7. The highest BCUT2D eigenvalue weighted by Crippen LogP contribution is 2.28. The highest BCUT2D eigenvalue weighted by molar-refractivity contribution is 8.01. The second-order valence-electron chi connectivity index (χ2n) is 6.27. The van der Waals surface area contributed by atoms with Gasteiger partial charge in [-0.25, -0.2) is 0 Å². The van der Waals surface area contributed by atoms with Crippen LogP contribution in [0.1, 0.15) is 30.9 Å². The second kappa shape index (κ2) is 9.35. The molecule has 0 saturated carbocycles. The summed E-state index contributed by atoms with van der Waals surface area (Å²) in [6, 6.07) is 17.2. The van der Waals surface area contributed by atoms with Crippen LogP contribution in [-0.4, -0.2) is 21.9 Å². The van der Waals surface area contributed by atoms with E-state index in [1.807, 2.05) is 12.1 Å². The molecule has 0 atom stereocenters. The summed E-state index contributed by atoms with van der Waals surface area (Å²) in [6.45, 7) is 4.32. The number of thioether (sulfide) groups is 1. The van der Waals surface area contributed by atoms with Crippen LogP contribution >= 0.6 is 23.1 Å². The number of carbonyl (C=O) groups is 1. The lowest BCUT2D eigenvalue weighted by atomic mass is 10.0. The molecule has 0 aliphatic rings. The summed E-state index contributed by atoms with van der Waals surface area (Å²) in [4.78, 5) is 12.1. The maximum absolute atomic E-state index is 12.1. The summed E-state index contributed by atoms with van der Waals surface area (Å²) in [7, 11) is 0. The number of hydrogen-bond donors (Lipinski definition) is 2. The molecule has 1 heterocycles. The lowest BCUT2D eigenvalue weighted by Gasteiger charge is -2.07. The van der Waals surface area contributed by atoms with Crippen LogP contribution in [0.25, 0.3) is 0 Å². The molecule has 0 saturated heterocycles. The third-order valence-electron chi connectivity index (χ3n) is 3.88. The average Bonchev–Trinajstić information content (AvgIpc) is 3.14. The standard InChI is InChI=1S/C20H19N5OS2/c1-13(2)14-7-9-16(10-8-14)22-19-24-25-20(28-19)27-12-18(26)23-17-6-4-3-5-15(17)11-21/h3-10,13H,12H2,1-2H3,(H,22,24)(H,23,26). The van der Waals surface area contributed by atoms with Crippen LogP contribution in [0.4, 0.5) is 16.5 Å². The Kier molecular flexibility index (Phi) is 6.63. The van der Waals surface area contributed by atoms with Gasteiger partial charge in [0.25, 0.3) is 0 Å². The first kappa shape index (κ1) is 19.9. The molecule has 2 aromatic carbocycles. The van der Waals surface area contributed by atoms with Gasteiger partial charge in [-0.3, -0.25) is 4.79 Å². The molecule has 28 heavy (non-hydrogen) atoms. The summed E-state index contributed by atoms with van der Waals surface area (Å²) in [5.74, 6) is 0.490. The summed E-state index contributed by atoms with van der Waals surface area (Å²) in [5, 5.41) is 24.0. The molecule has 0 fully saturated rings. The van der Waals surface area contributed by atoms with Crippen LogP contribution < -0.4 is 10.6 Å². The zero-order valence-corrected chi connectivity index (χ0v) is 17.1. The van der Waals surface area contributed by atoms with Crippen molar-refractivity contribution in [2.75, 3.05) is 16.4 Å². The minimum Gasteiger partial charge on any atom is -0.330 e. The van der Waals surface area contributed by atoms with E-state index in [0.29, 0.717) is 26.6 Å². The van der Waals surface area contributed by atoms with Gasteiger partial charge in [0.15, 0.2) is 4.34 Å². The number of nitrogens with zero attached hydrogens (tertiary/aromatic N) is 3. The second-order valence-corrected chi connectivity index (χ2v) is 8.47. The van der Waals surface area contributed by atoms with Crippen molar-refractivity contribution >= 4 is 45.5 Å². The van der Waals surface area contributed by atoms with E-state index in [-0.39, 0.29) is 11.7 Å². The summed E-state index contributed by atoms with van der Waals surface area (Å²) >= 11 is 2.70. The van der Waals surface area contributed by atoms with E-state index in [0.717, 1.165) is 5.69 Å². The maximum atomic E-state index is 12.1. The van der Waals surface area contributed by atoms with E-state index in [1.54, 1.807) is 24.3 Å². The van der Waals surface area contributed by atoms with Gasteiger partial charge in [-0.15, -0.1) is 10.2 Å². The Balaban J connectivity index is 1.53. The summed E-state index contributed by atoms with van der Waals surface area (Å²) in [5.41, 5.74) is 3.18. The van der Waals surface area contributed by atoms with Crippen molar-refractivity contribution in [2.45, 2.75) is 24.1 Å². The van der Waals surface area contributed by atoms with Crippen molar-refractivity contribution in [3.05, 3.63) is 59.7 Å². The molecule has 1 aromatic heterocycles. The van der Waals surface area contributed by atoms with Crippen LogP contribution in [0.5, 0.6) is 0 Å². The maximum Gasteiger partial charge on any atom is 0.234 e. The highest BCUT2D eigenvalue weighted by atomic mass is 32.2. The van der Waals surface area contributed by atoms with Crippen LogP contribution in [-0.2, 0) is 4.79 Å². The van der Waals surface area contributed by atoms with Crippen LogP contribution in [0.15, 0.2) is 52.9 Å². The first-order valence-electron chi connectivity index (χ1n) is 8.67. The van der Waals surface area contributed by atoms with E-state index in [1.165, 1.54) is 28.7 Å². The SMILES string of the molecule is CC(C)c1ccc(Nc2nnc(SCC(=O)Nc3ccccc3C#N)s2)cc1. The van der Waals surface area contributed by atoms with E-state index >= 15 is 0 Å². The van der Waals surface area contributed by atoms with E-state index in [9.17, 15) is 4.79 Å². The molecule has 3 rings (SSSR count). The van der Waals surface area contributed by atoms with Gasteiger partial charge in [0, 0.05) is 5.69 Å². The molecular formula is C20H19N5OS2. The predicted octanol–water partition coefficient (Wildman–Crippen LogP) is 5.01. The fourth-order valence-corrected chi connectivity index (χ4v) is 3.97. The monoisotopic (exact) mass is 409 g/mol. The molecule has 142 valence electrons. The minimum atomic E-state index is -0.193. The Morgan fingerprint density at radius 3 is 2.64 bits per heavy atom. The first-order chi connectivity index (χ1) is 13.5. The van der Waals surface area contributed by atoms with Gasteiger partial charge in [-0.2, -0.15) is 5.26 Å². The largest absolute Gasteiger partial charge is 0.330 e. The van der Waals surface area contributed by atoms with Gasteiger partial charge < -0.3 is 10.6 Å². The number of amides is 1. The van der Waals surface area contributed by atoms with Crippen molar-refractivity contribution in [1.82, 2.24) is 10.2 Å². The van der Waals surface area contributed by atoms with Gasteiger partial charge in [0.2, 0.25) is 11.0 Å². The number of nitrogens with one attached hydrogen (secondary N) is 2. The Morgan fingerprint density at radius 1 is 1.18 bits per heavy atom. The molecule has 0 radical (unpaired) electrons. The van der Waals surface area contributed by atoms with Crippen molar-refractivity contribution in [2.24, 2.45) is 0 Å². The smallest absolute Gasteiger partial charge is 0.234 e. The highest BCUT2D eigenvalue weighted by Gasteiger charge is 2.10. The fourth-order valence-electron chi connectivity index (χ4n) is 2.40. The Morgan fingerprint density at radius 2 is 1.93 bits per heavy atom. The Hall–Kier alpha value is -2.89. The molecular weight excluding hydrogens is 390 g/mol. The van der Waals surface area contributed by atoms with Crippen LogP contribution in [0, 0.1) is 11.3 Å². The number of para-hydroxylation sites is 1. The quantitative estimate of drug-likeness (QED) is 0.533. The summed E-state index contributed by atoms with van der Waals surface area (Å²) < 4.78 is 0.699. The number of aromatic nitrogens is 2. The van der Waals surface area contributed by atoms with E-state index in [4.69, 9.17) is 5.26 Å². The molecule has 0 unspecified atom stereocenters. The third kappa shape index (κ3) is 5.31. The van der Waals surface area contributed by atoms with Gasteiger partial charge >= 0.3 is 0 Å². The van der Waals surface area contributed by atoms with E-state index in [2.05, 4.69) is 52.9 Å². The number of benzene rings is 2. The van der Waals surface area contributed by atoms with Gasteiger partial charge in [0.05, 0.1) is 17.0 Å². The van der Waals surface area contributed by atoms with E-state index < -0.39 is 0 Å². The lowest BCUT2D eigenvalue weighted by molar-refractivity contribution is -0.113. The van der Waals surface area contributed by atoms with Crippen molar-refractivity contribution < 1.29 is 4.79 Å². The van der Waals surface area contributed by atoms with Gasteiger partial charge in [-0.1, -0.05) is 61.2 Å². The van der Waals surface area contributed by atoms with Crippen molar-refractivity contribution in [3.63, 3.8) is 0 Å². The zero-order valence-electron chi connectivity index (χ0n) is 15.5. The molecule has 0 aliphatic heterocycles. The lowest BCUT2D eigenvalue weighted by Crippen LogP contribution is -2.14. The average molecular weight is 410 g/mol. The zero-order chi connectivity index (χ0) is 19.9. The van der Waals surface area contributed by atoms with Crippen LogP contribution in [0.2, 0.25) is 0 Å². The normalized spacial score (nSPS) is 10.5. The Bertz CT molecular complexity index is 992. The van der Waals surface area contributed by atoms with Crippen molar-refractivity contribution in [1.29, 1.82) is 5.26 Å². The van der Waals surface area contributed by atoms with Gasteiger partial charge in [0.1, 0.15) is 6.07 Å². The molecule has 8 heteroatoms. The molecule has 0 bridgehead atoms. The predicted molar refractivity (Wildman–Crippen MR) is 114 cm³/mol. The molecule has 3 aromatic rings. The first-order valence-corrected chi connectivity index (χ1v) is 10.5. The number of nitriles is 1. The molecule has 6 nitrogen and oxygen atoms in total. The van der Waals surface area contributed by atoms with Gasteiger partial charge in [-0.05, 0) is 35.7 Å². The molecule has 2 N–H and O–H groups in total. The molecule has 0 spiro atoms. The van der Waals surface area contributed by atoms with Crippen molar-refractivity contribution in [3.8, 4) is 6.07 Å². The summed E-state index contributed by atoms with van der Waals surface area (Å²) in [6.07, 6.45) is 0.